The predicted octanol–water partition coefficient (Wildman–Crippen LogP) is 1.31. The van der Waals surface area contributed by atoms with Crippen LogP contribution in [0.1, 0.15) is 32.0 Å². The van der Waals surface area contributed by atoms with E-state index in [0.29, 0.717) is 30.8 Å². The van der Waals surface area contributed by atoms with Gasteiger partial charge in [0.25, 0.3) is 5.91 Å². The minimum atomic E-state index is -0.921. The quantitative estimate of drug-likeness (QED) is 0.862. The van der Waals surface area contributed by atoms with Gasteiger partial charge in [0.2, 0.25) is 0 Å². The van der Waals surface area contributed by atoms with E-state index in [2.05, 4.69) is 9.97 Å². The van der Waals surface area contributed by atoms with E-state index in [-0.39, 0.29) is 5.91 Å². The van der Waals surface area contributed by atoms with Crippen LogP contribution in [-0.4, -0.2) is 38.4 Å². The second-order valence-corrected chi connectivity index (χ2v) is 4.69. The number of nitrogens with one attached hydrogen (secondary N) is 1. The Morgan fingerprint density at radius 1 is 1.35 bits per heavy atom. The second-order valence-electron chi connectivity index (χ2n) is 4.69. The van der Waals surface area contributed by atoms with Crippen molar-refractivity contribution in [1.82, 2.24) is 14.9 Å². The fourth-order valence-corrected chi connectivity index (χ4v) is 2.53. The maximum absolute atomic E-state index is 12.2. The van der Waals surface area contributed by atoms with Crippen molar-refractivity contribution in [3.63, 3.8) is 0 Å². The molecule has 102 valence electrons. The van der Waals surface area contributed by atoms with Crippen LogP contribution in [-0.2, 0) is 13.0 Å². The Bertz CT molecular complexity index is 664. The molecular weight excluding hydrogens is 258 g/mol. The Kier molecular flexibility index (Phi) is 2.98. The molecule has 0 saturated heterocycles. The molecule has 3 rings (SSSR count). The van der Waals surface area contributed by atoms with Crippen LogP contribution in [0.2, 0.25) is 0 Å². The number of aromatic nitrogens is 2. The highest BCUT2D eigenvalue weighted by Crippen LogP contribution is 2.23. The highest BCUT2D eigenvalue weighted by molar-refractivity contribution is 5.93. The number of carbonyl (C=O) groups excluding carboxylic acids is 1. The third-order valence-electron chi connectivity index (χ3n) is 3.51. The van der Waals surface area contributed by atoms with Crippen LogP contribution >= 0.6 is 0 Å². The maximum atomic E-state index is 12.2. The molecule has 0 bridgehead atoms. The van der Waals surface area contributed by atoms with Crippen molar-refractivity contribution < 1.29 is 14.7 Å². The maximum Gasteiger partial charge on any atom is 0.335 e. The van der Waals surface area contributed by atoms with Crippen LogP contribution in [0.5, 0.6) is 0 Å². The van der Waals surface area contributed by atoms with Gasteiger partial charge in [-0.25, -0.2) is 9.78 Å². The fourth-order valence-electron chi connectivity index (χ4n) is 2.53. The standard InChI is InChI=1S/C14H13N3O3/c18-13(12-6-15-8-16-12)17-5-4-10-9(7-17)2-1-3-11(10)14(19)20/h1-3,6,8H,4-5,7H2,(H,15,16)(H,19,20). The van der Waals surface area contributed by atoms with Gasteiger partial charge in [0.1, 0.15) is 5.69 Å². The lowest BCUT2D eigenvalue weighted by molar-refractivity contribution is 0.0694. The number of carboxylic acids is 1. The molecule has 0 unspecified atom stereocenters. The summed E-state index contributed by atoms with van der Waals surface area (Å²) in [5.74, 6) is -1.04. The number of benzene rings is 1. The average Bonchev–Trinajstić information content (AvgIpc) is 2.99. The topological polar surface area (TPSA) is 86.3 Å². The van der Waals surface area contributed by atoms with Gasteiger partial charge in [-0.05, 0) is 23.6 Å². The Labute approximate surface area is 115 Å². The summed E-state index contributed by atoms with van der Waals surface area (Å²) in [6, 6.07) is 5.19. The summed E-state index contributed by atoms with van der Waals surface area (Å²) in [5, 5.41) is 9.17. The molecule has 2 heterocycles. The van der Waals surface area contributed by atoms with Crippen molar-refractivity contribution in [1.29, 1.82) is 0 Å². The smallest absolute Gasteiger partial charge is 0.335 e. The van der Waals surface area contributed by atoms with Crippen LogP contribution in [0.4, 0.5) is 0 Å². The molecule has 2 aromatic rings. The number of hydrogen-bond acceptors (Lipinski definition) is 3. The SMILES string of the molecule is O=C(O)c1cccc2c1CCN(C(=O)c1cnc[nH]1)C2. The fraction of sp³-hybridized carbons (Fsp3) is 0.214. The lowest BCUT2D eigenvalue weighted by Gasteiger charge is -2.29. The number of nitrogens with zero attached hydrogens (tertiary/aromatic N) is 2. The lowest BCUT2D eigenvalue weighted by atomic mass is 9.94. The van der Waals surface area contributed by atoms with Crippen molar-refractivity contribution in [2.45, 2.75) is 13.0 Å². The van der Waals surface area contributed by atoms with Crippen molar-refractivity contribution in [2.75, 3.05) is 6.54 Å². The van der Waals surface area contributed by atoms with E-state index in [4.69, 9.17) is 0 Å². The van der Waals surface area contributed by atoms with Crippen LogP contribution in [0, 0.1) is 0 Å². The van der Waals surface area contributed by atoms with Crippen molar-refractivity contribution >= 4 is 11.9 Å². The minimum Gasteiger partial charge on any atom is -0.478 e. The average molecular weight is 271 g/mol. The van der Waals surface area contributed by atoms with Gasteiger partial charge in [-0.15, -0.1) is 0 Å². The molecule has 20 heavy (non-hydrogen) atoms. The van der Waals surface area contributed by atoms with Gasteiger partial charge in [0.15, 0.2) is 0 Å². The molecule has 2 N–H and O–H groups in total. The largest absolute Gasteiger partial charge is 0.478 e. The first-order chi connectivity index (χ1) is 9.66. The third kappa shape index (κ3) is 2.05. The molecular formula is C14H13N3O3. The zero-order chi connectivity index (χ0) is 14.1. The number of aromatic amines is 1. The van der Waals surface area contributed by atoms with Crippen LogP contribution in [0.15, 0.2) is 30.7 Å². The number of hydrogen-bond donors (Lipinski definition) is 2. The zero-order valence-corrected chi connectivity index (χ0v) is 10.7. The first kappa shape index (κ1) is 12.4. The zero-order valence-electron chi connectivity index (χ0n) is 10.7. The second kappa shape index (κ2) is 4.80. The van der Waals surface area contributed by atoms with E-state index in [1.807, 2.05) is 6.07 Å². The summed E-state index contributed by atoms with van der Waals surface area (Å²) < 4.78 is 0. The van der Waals surface area contributed by atoms with E-state index in [9.17, 15) is 14.7 Å². The summed E-state index contributed by atoms with van der Waals surface area (Å²) in [5.41, 5.74) is 2.50. The molecule has 0 atom stereocenters. The molecule has 0 fully saturated rings. The first-order valence-corrected chi connectivity index (χ1v) is 6.28. The van der Waals surface area contributed by atoms with Gasteiger partial charge in [-0.1, -0.05) is 12.1 Å². The molecule has 0 spiro atoms. The molecule has 1 aromatic heterocycles. The number of amides is 1. The van der Waals surface area contributed by atoms with E-state index in [1.165, 1.54) is 12.5 Å². The number of imidazole rings is 1. The number of aromatic carboxylic acids is 1. The molecule has 6 heteroatoms. The third-order valence-corrected chi connectivity index (χ3v) is 3.51. The van der Waals surface area contributed by atoms with Crippen molar-refractivity contribution in [2.24, 2.45) is 0 Å². The van der Waals surface area contributed by atoms with Gasteiger partial charge in [-0.3, -0.25) is 4.79 Å². The minimum absolute atomic E-state index is 0.117. The number of carbonyl (C=O) groups is 2. The van der Waals surface area contributed by atoms with Gasteiger partial charge in [-0.2, -0.15) is 0 Å². The van der Waals surface area contributed by atoms with Crippen LogP contribution in [0.3, 0.4) is 0 Å². The Balaban J connectivity index is 1.88. The highest BCUT2D eigenvalue weighted by Gasteiger charge is 2.25. The Morgan fingerprint density at radius 3 is 2.90 bits per heavy atom. The number of fused-ring (bicyclic) bond motifs is 1. The van der Waals surface area contributed by atoms with Gasteiger partial charge >= 0.3 is 5.97 Å². The number of H-pyrrole nitrogens is 1. The molecule has 6 nitrogen and oxygen atoms in total. The summed E-state index contributed by atoms with van der Waals surface area (Å²) in [6.07, 6.45) is 3.51. The molecule has 1 amide bonds. The van der Waals surface area contributed by atoms with Gasteiger partial charge in [0, 0.05) is 13.1 Å². The lowest BCUT2D eigenvalue weighted by Crippen LogP contribution is -2.36. The Morgan fingerprint density at radius 2 is 2.20 bits per heavy atom. The van der Waals surface area contributed by atoms with Crippen LogP contribution in [0.25, 0.3) is 0 Å². The molecule has 0 saturated carbocycles. The van der Waals surface area contributed by atoms with E-state index >= 15 is 0 Å². The molecule has 0 aliphatic carbocycles. The number of rotatable bonds is 2. The summed E-state index contributed by atoms with van der Waals surface area (Å²) >= 11 is 0. The first-order valence-electron chi connectivity index (χ1n) is 6.28. The number of carboxylic acid groups (broad SMARTS) is 1. The summed E-state index contributed by atoms with van der Waals surface area (Å²) in [6.45, 7) is 0.934. The molecule has 0 radical (unpaired) electrons. The molecule has 1 aliphatic heterocycles. The Hall–Kier alpha value is -2.63. The van der Waals surface area contributed by atoms with Crippen molar-refractivity contribution in [3.8, 4) is 0 Å². The summed E-state index contributed by atoms with van der Waals surface area (Å²) in [4.78, 5) is 31.7. The van der Waals surface area contributed by atoms with E-state index in [1.54, 1.807) is 17.0 Å². The van der Waals surface area contributed by atoms with Crippen molar-refractivity contribution in [3.05, 3.63) is 53.1 Å². The predicted molar refractivity (Wildman–Crippen MR) is 70.4 cm³/mol. The van der Waals surface area contributed by atoms with Gasteiger partial charge < -0.3 is 15.0 Å². The normalized spacial score (nSPS) is 13.9. The van der Waals surface area contributed by atoms with Crippen LogP contribution < -0.4 is 0 Å². The van der Waals surface area contributed by atoms with E-state index in [0.717, 1.165) is 11.1 Å². The van der Waals surface area contributed by atoms with Gasteiger partial charge in [0.05, 0.1) is 18.1 Å². The summed E-state index contributed by atoms with van der Waals surface area (Å²) in [7, 11) is 0. The highest BCUT2D eigenvalue weighted by atomic mass is 16.4. The molecule has 1 aromatic carbocycles. The molecule has 1 aliphatic rings. The monoisotopic (exact) mass is 271 g/mol. The van der Waals surface area contributed by atoms with E-state index < -0.39 is 5.97 Å².